The van der Waals surface area contributed by atoms with Gasteiger partial charge in [-0.2, -0.15) is 0 Å². The van der Waals surface area contributed by atoms with Crippen molar-refractivity contribution >= 4 is 11.6 Å². The van der Waals surface area contributed by atoms with E-state index in [0.29, 0.717) is 12.8 Å². The number of ether oxygens (including phenoxy) is 1. The number of alkyl halides is 1. The molecule has 0 aliphatic rings. The normalized spacial score (nSPS) is 19.1. The van der Waals surface area contributed by atoms with Crippen LogP contribution in [0, 0.1) is 0 Å². The van der Waals surface area contributed by atoms with Crippen molar-refractivity contribution in [3.05, 3.63) is 0 Å². The summed E-state index contributed by atoms with van der Waals surface area (Å²) >= 11 is 5.87. The van der Waals surface area contributed by atoms with E-state index in [4.69, 9.17) is 16.3 Å². The van der Waals surface area contributed by atoms with Gasteiger partial charge in [0.25, 0.3) is 0 Å². The minimum Gasteiger partial charge on any atom is -0.388 e. The van der Waals surface area contributed by atoms with Gasteiger partial charge in [0.05, 0.1) is 17.1 Å². The molecule has 0 aromatic rings. The largest absolute Gasteiger partial charge is 0.388 e. The van der Waals surface area contributed by atoms with Crippen molar-refractivity contribution in [1.29, 1.82) is 0 Å². The molecule has 2 atom stereocenters. The van der Waals surface area contributed by atoms with Gasteiger partial charge in [0, 0.05) is 13.5 Å². The van der Waals surface area contributed by atoms with E-state index in [-0.39, 0.29) is 11.5 Å². The van der Waals surface area contributed by atoms with Gasteiger partial charge in [0.2, 0.25) is 0 Å². The van der Waals surface area contributed by atoms with Crippen LogP contribution in [-0.4, -0.2) is 42.4 Å². The van der Waals surface area contributed by atoms with E-state index in [2.05, 4.69) is 12.2 Å². The Labute approximate surface area is 105 Å². The Hall–Kier alpha value is 0.170. The van der Waals surface area contributed by atoms with E-state index in [1.807, 2.05) is 13.8 Å². The molecule has 0 spiro atoms. The number of aliphatic hydroxyl groups is 1. The molecule has 16 heavy (non-hydrogen) atoms. The van der Waals surface area contributed by atoms with E-state index in [1.54, 1.807) is 7.11 Å². The van der Waals surface area contributed by atoms with E-state index >= 15 is 0 Å². The molecule has 0 amide bonds. The fourth-order valence-electron chi connectivity index (χ4n) is 1.74. The van der Waals surface area contributed by atoms with Gasteiger partial charge in [-0.25, -0.2) is 0 Å². The molecule has 0 bridgehead atoms. The van der Waals surface area contributed by atoms with Crippen LogP contribution in [0.4, 0.5) is 0 Å². The van der Waals surface area contributed by atoms with Crippen LogP contribution in [0.25, 0.3) is 0 Å². The third kappa shape index (κ3) is 5.48. The zero-order chi connectivity index (χ0) is 12.7. The minimum atomic E-state index is -0.843. The van der Waals surface area contributed by atoms with E-state index in [0.717, 1.165) is 19.5 Å². The van der Waals surface area contributed by atoms with Crippen molar-refractivity contribution in [3.8, 4) is 0 Å². The highest BCUT2D eigenvalue weighted by molar-refractivity contribution is 6.18. The lowest BCUT2D eigenvalue weighted by atomic mass is 9.85. The SMILES string of the molecule is CCNCCC(O)(CCl)CC(C)(CC)OC. The lowest BCUT2D eigenvalue weighted by Gasteiger charge is -2.36. The summed E-state index contributed by atoms with van der Waals surface area (Å²) in [5.41, 5.74) is -1.14. The first-order valence-electron chi connectivity index (χ1n) is 5.99. The summed E-state index contributed by atoms with van der Waals surface area (Å²) in [4.78, 5) is 0. The standard InChI is InChI=1S/C12H26ClNO2/c1-5-11(3,16-4)9-12(15,10-13)7-8-14-6-2/h14-15H,5-10H2,1-4H3. The van der Waals surface area contributed by atoms with Gasteiger partial charge >= 0.3 is 0 Å². The van der Waals surface area contributed by atoms with E-state index < -0.39 is 5.60 Å². The van der Waals surface area contributed by atoms with Gasteiger partial charge in [-0.15, -0.1) is 11.6 Å². The summed E-state index contributed by atoms with van der Waals surface area (Å²) in [5, 5.41) is 13.6. The van der Waals surface area contributed by atoms with E-state index in [1.165, 1.54) is 0 Å². The maximum absolute atomic E-state index is 10.4. The molecular formula is C12H26ClNO2. The summed E-state index contributed by atoms with van der Waals surface area (Å²) in [5.74, 6) is 0.247. The number of nitrogens with one attached hydrogen (secondary N) is 1. The summed E-state index contributed by atoms with van der Waals surface area (Å²) < 4.78 is 5.45. The molecule has 0 radical (unpaired) electrons. The minimum absolute atomic E-state index is 0.247. The molecule has 0 rings (SSSR count). The molecule has 98 valence electrons. The third-order valence-corrected chi connectivity index (χ3v) is 3.71. The number of hydrogen-bond acceptors (Lipinski definition) is 3. The second-order valence-corrected chi connectivity index (χ2v) is 4.91. The lowest BCUT2D eigenvalue weighted by molar-refractivity contribution is -0.0719. The first-order chi connectivity index (χ1) is 7.45. The molecule has 0 heterocycles. The fraction of sp³-hybridized carbons (Fsp3) is 1.00. The highest BCUT2D eigenvalue weighted by Crippen LogP contribution is 2.29. The van der Waals surface area contributed by atoms with Gasteiger partial charge in [0.1, 0.15) is 0 Å². The van der Waals surface area contributed by atoms with Gasteiger partial charge in [0.15, 0.2) is 0 Å². The van der Waals surface area contributed by atoms with Crippen LogP contribution in [0.15, 0.2) is 0 Å². The highest BCUT2D eigenvalue weighted by Gasteiger charge is 2.35. The summed E-state index contributed by atoms with van der Waals surface area (Å²) in [7, 11) is 1.68. The molecule has 0 fully saturated rings. The van der Waals surface area contributed by atoms with Crippen LogP contribution in [0.3, 0.4) is 0 Å². The zero-order valence-corrected chi connectivity index (χ0v) is 11.7. The molecule has 3 nitrogen and oxygen atoms in total. The van der Waals surface area contributed by atoms with Crippen molar-refractivity contribution in [1.82, 2.24) is 5.32 Å². The van der Waals surface area contributed by atoms with Crippen molar-refractivity contribution in [2.45, 2.75) is 51.2 Å². The molecule has 0 aromatic carbocycles. The predicted octanol–water partition coefficient (Wildman–Crippen LogP) is 2.16. The average Bonchev–Trinajstić information content (AvgIpc) is 2.29. The van der Waals surface area contributed by atoms with Gasteiger partial charge < -0.3 is 15.2 Å². The first kappa shape index (κ1) is 16.2. The van der Waals surface area contributed by atoms with Crippen molar-refractivity contribution in [2.75, 3.05) is 26.1 Å². The Bertz CT molecular complexity index is 186. The van der Waals surface area contributed by atoms with Crippen LogP contribution >= 0.6 is 11.6 Å². The maximum atomic E-state index is 10.4. The highest BCUT2D eigenvalue weighted by atomic mass is 35.5. The van der Waals surface area contributed by atoms with Crippen molar-refractivity contribution < 1.29 is 9.84 Å². The molecule has 0 aliphatic carbocycles. The molecule has 0 aliphatic heterocycles. The van der Waals surface area contributed by atoms with Gasteiger partial charge in [-0.3, -0.25) is 0 Å². The monoisotopic (exact) mass is 251 g/mol. The maximum Gasteiger partial charge on any atom is 0.0821 e. The van der Waals surface area contributed by atoms with Crippen LogP contribution < -0.4 is 5.32 Å². The molecular weight excluding hydrogens is 226 g/mol. The molecule has 0 saturated carbocycles. The number of hydrogen-bond donors (Lipinski definition) is 2. The predicted molar refractivity (Wildman–Crippen MR) is 69.2 cm³/mol. The smallest absolute Gasteiger partial charge is 0.0821 e. The van der Waals surface area contributed by atoms with Crippen molar-refractivity contribution in [2.24, 2.45) is 0 Å². The average molecular weight is 252 g/mol. The van der Waals surface area contributed by atoms with E-state index in [9.17, 15) is 5.11 Å². The first-order valence-corrected chi connectivity index (χ1v) is 6.53. The van der Waals surface area contributed by atoms with Crippen LogP contribution in [-0.2, 0) is 4.74 Å². The van der Waals surface area contributed by atoms with Crippen LogP contribution in [0.5, 0.6) is 0 Å². The Balaban J connectivity index is 4.33. The summed E-state index contributed by atoms with van der Waals surface area (Å²) in [6.07, 6.45) is 2.09. The second-order valence-electron chi connectivity index (χ2n) is 4.65. The number of halogens is 1. The topological polar surface area (TPSA) is 41.5 Å². The summed E-state index contributed by atoms with van der Waals surface area (Å²) in [6, 6.07) is 0. The van der Waals surface area contributed by atoms with Gasteiger partial charge in [-0.05, 0) is 32.9 Å². The van der Waals surface area contributed by atoms with Crippen LogP contribution in [0.2, 0.25) is 0 Å². The molecule has 4 heteroatoms. The van der Waals surface area contributed by atoms with Gasteiger partial charge in [-0.1, -0.05) is 13.8 Å². The summed E-state index contributed by atoms with van der Waals surface area (Å²) in [6.45, 7) is 7.81. The second kappa shape index (κ2) is 7.49. The van der Waals surface area contributed by atoms with Crippen molar-refractivity contribution in [3.63, 3.8) is 0 Å². The third-order valence-electron chi connectivity index (χ3n) is 3.21. The quantitative estimate of drug-likeness (QED) is 0.488. The fourth-order valence-corrected chi connectivity index (χ4v) is 1.97. The Morgan fingerprint density at radius 2 is 2.00 bits per heavy atom. The number of rotatable bonds is 9. The Kier molecular flexibility index (Phi) is 7.57. The zero-order valence-electron chi connectivity index (χ0n) is 11.0. The lowest BCUT2D eigenvalue weighted by Crippen LogP contribution is -2.43. The molecule has 2 N–H and O–H groups in total. The molecule has 0 saturated heterocycles. The molecule has 0 aromatic heterocycles. The molecule has 2 unspecified atom stereocenters. The Morgan fingerprint density at radius 3 is 2.38 bits per heavy atom. The number of methoxy groups -OCH3 is 1. The van der Waals surface area contributed by atoms with Crippen LogP contribution in [0.1, 0.15) is 40.0 Å². The Morgan fingerprint density at radius 1 is 1.38 bits per heavy atom.